The number of carbonyl (C=O) groups excluding carboxylic acids is 2. The molecule has 1 unspecified atom stereocenters. The second kappa shape index (κ2) is 9.98. The van der Waals surface area contributed by atoms with Gasteiger partial charge in [-0.2, -0.15) is 0 Å². The molecule has 0 aromatic heterocycles. The van der Waals surface area contributed by atoms with Crippen molar-refractivity contribution in [3.63, 3.8) is 0 Å². The molecule has 0 aliphatic heterocycles. The second-order valence-electron chi connectivity index (χ2n) is 5.75. The van der Waals surface area contributed by atoms with Gasteiger partial charge in [-0.15, -0.1) is 0 Å². The Balaban J connectivity index is 2.09. The molecule has 0 radical (unpaired) electrons. The van der Waals surface area contributed by atoms with Gasteiger partial charge in [0.05, 0.1) is 19.4 Å². The van der Waals surface area contributed by atoms with Gasteiger partial charge in [0.15, 0.2) is 0 Å². The standard InChI is InChI=1S/C18H26O4/c1-14(2)15(3)22-18(20)12-11-17(19)21-13-7-10-16-8-5-4-6-9-16/h4-6,8-9,14-15H,7,10-13H2,1-3H3. The summed E-state index contributed by atoms with van der Waals surface area (Å²) in [6, 6.07) is 10.1. The van der Waals surface area contributed by atoms with Crippen LogP contribution in [-0.2, 0) is 25.5 Å². The molecule has 1 aromatic rings. The van der Waals surface area contributed by atoms with Gasteiger partial charge >= 0.3 is 11.9 Å². The largest absolute Gasteiger partial charge is 0.466 e. The van der Waals surface area contributed by atoms with Crippen LogP contribution in [0.1, 0.15) is 45.6 Å². The van der Waals surface area contributed by atoms with E-state index in [2.05, 4.69) is 0 Å². The molecule has 122 valence electrons. The molecule has 1 rings (SSSR count). The maximum atomic E-state index is 11.5. The molecule has 22 heavy (non-hydrogen) atoms. The summed E-state index contributed by atoms with van der Waals surface area (Å²) >= 11 is 0. The monoisotopic (exact) mass is 306 g/mol. The van der Waals surface area contributed by atoms with Gasteiger partial charge in [-0.05, 0) is 31.2 Å². The Morgan fingerprint density at radius 2 is 1.64 bits per heavy atom. The zero-order valence-electron chi connectivity index (χ0n) is 13.7. The maximum Gasteiger partial charge on any atom is 0.306 e. The minimum absolute atomic E-state index is 0.0780. The Labute approximate surface area is 132 Å². The third-order valence-corrected chi connectivity index (χ3v) is 3.51. The van der Waals surface area contributed by atoms with Crippen LogP contribution in [0.5, 0.6) is 0 Å². The highest BCUT2D eigenvalue weighted by atomic mass is 16.5. The Kier molecular flexibility index (Phi) is 8.26. The molecule has 0 aliphatic carbocycles. The fourth-order valence-corrected chi connectivity index (χ4v) is 1.79. The molecular formula is C18H26O4. The number of benzene rings is 1. The summed E-state index contributed by atoms with van der Waals surface area (Å²) in [5.41, 5.74) is 1.23. The van der Waals surface area contributed by atoms with E-state index in [0.29, 0.717) is 6.61 Å². The highest BCUT2D eigenvalue weighted by Crippen LogP contribution is 2.08. The van der Waals surface area contributed by atoms with E-state index >= 15 is 0 Å². The lowest BCUT2D eigenvalue weighted by Crippen LogP contribution is -2.20. The van der Waals surface area contributed by atoms with Crippen LogP contribution < -0.4 is 0 Å². The predicted molar refractivity (Wildman–Crippen MR) is 85.3 cm³/mol. The average Bonchev–Trinajstić information content (AvgIpc) is 2.50. The van der Waals surface area contributed by atoms with Gasteiger partial charge in [-0.1, -0.05) is 44.2 Å². The van der Waals surface area contributed by atoms with Crippen LogP contribution in [0.2, 0.25) is 0 Å². The van der Waals surface area contributed by atoms with Gasteiger partial charge in [0, 0.05) is 0 Å². The van der Waals surface area contributed by atoms with E-state index in [-0.39, 0.29) is 36.8 Å². The molecule has 0 spiro atoms. The van der Waals surface area contributed by atoms with Crippen molar-refractivity contribution in [2.45, 2.75) is 52.6 Å². The van der Waals surface area contributed by atoms with Gasteiger partial charge in [0.1, 0.15) is 6.10 Å². The smallest absolute Gasteiger partial charge is 0.306 e. The first kappa shape index (κ1) is 18.2. The number of rotatable bonds is 9. The zero-order chi connectivity index (χ0) is 16.4. The number of ether oxygens (including phenoxy) is 2. The molecule has 0 saturated heterocycles. The second-order valence-corrected chi connectivity index (χ2v) is 5.75. The summed E-state index contributed by atoms with van der Waals surface area (Å²) in [7, 11) is 0. The topological polar surface area (TPSA) is 52.6 Å². The van der Waals surface area contributed by atoms with Crippen LogP contribution in [0.25, 0.3) is 0 Å². The molecule has 0 N–H and O–H groups in total. The Morgan fingerprint density at radius 3 is 2.27 bits per heavy atom. The van der Waals surface area contributed by atoms with Crippen LogP contribution >= 0.6 is 0 Å². The summed E-state index contributed by atoms with van der Waals surface area (Å²) < 4.78 is 10.3. The van der Waals surface area contributed by atoms with E-state index in [1.807, 2.05) is 51.1 Å². The molecule has 0 amide bonds. The van der Waals surface area contributed by atoms with Crippen LogP contribution in [0.3, 0.4) is 0 Å². The molecule has 0 bridgehead atoms. The quantitative estimate of drug-likeness (QED) is 0.517. The van der Waals surface area contributed by atoms with Gasteiger partial charge in [-0.25, -0.2) is 0 Å². The lowest BCUT2D eigenvalue weighted by molar-refractivity contribution is -0.154. The van der Waals surface area contributed by atoms with Gasteiger partial charge in [0.25, 0.3) is 0 Å². The SMILES string of the molecule is CC(C)C(C)OC(=O)CCC(=O)OCCCc1ccccc1. The molecule has 0 saturated carbocycles. The first-order valence-corrected chi connectivity index (χ1v) is 7.88. The average molecular weight is 306 g/mol. The summed E-state index contributed by atoms with van der Waals surface area (Å²) in [4.78, 5) is 23.1. The van der Waals surface area contributed by atoms with E-state index in [1.54, 1.807) is 0 Å². The van der Waals surface area contributed by atoms with Crippen molar-refractivity contribution >= 4 is 11.9 Å². The van der Waals surface area contributed by atoms with Crippen LogP contribution in [-0.4, -0.2) is 24.6 Å². The third-order valence-electron chi connectivity index (χ3n) is 3.51. The summed E-state index contributed by atoms with van der Waals surface area (Å²) in [6.45, 7) is 6.20. The van der Waals surface area contributed by atoms with Crippen LogP contribution in [0.15, 0.2) is 30.3 Å². The number of hydrogen-bond donors (Lipinski definition) is 0. The summed E-state index contributed by atoms with van der Waals surface area (Å²) in [5, 5.41) is 0. The van der Waals surface area contributed by atoms with Crippen molar-refractivity contribution in [1.29, 1.82) is 0 Å². The Bertz CT molecular complexity index is 453. The van der Waals surface area contributed by atoms with Crippen molar-refractivity contribution in [3.8, 4) is 0 Å². The molecule has 0 aliphatic rings. The lowest BCUT2D eigenvalue weighted by Gasteiger charge is -2.16. The van der Waals surface area contributed by atoms with E-state index in [4.69, 9.17) is 9.47 Å². The fraction of sp³-hybridized carbons (Fsp3) is 0.556. The van der Waals surface area contributed by atoms with Crippen molar-refractivity contribution < 1.29 is 19.1 Å². The number of carbonyl (C=O) groups is 2. The fourth-order valence-electron chi connectivity index (χ4n) is 1.79. The Morgan fingerprint density at radius 1 is 1.00 bits per heavy atom. The number of hydrogen-bond acceptors (Lipinski definition) is 4. The van der Waals surface area contributed by atoms with Crippen LogP contribution in [0.4, 0.5) is 0 Å². The molecular weight excluding hydrogens is 280 g/mol. The van der Waals surface area contributed by atoms with Crippen molar-refractivity contribution in [2.75, 3.05) is 6.61 Å². The highest BCUT2D eigenvalue weighted by molar-refractivity contribution is 5.77. The molecule has 4 nitrogen and oxygen atoms in total. The number of aryl methyl sites for hydroxylation is 1. The summed E-state index contributed by atoms with van der Waals surface area (Å²) in [5.74, 6) is -0.418. The molecule has 4 heteroatoms. The van der Waals surface area contributed by atoms with Crippen LogP contribution in [0, 0.1) is 5.92 Å². The lowest BCUT2D eigenvalue weighted by atomic mass is 10.1. The minimum Gasteiger partial charge on any atom is -0.466 e. The van der Waals surface area contributed by atoms with Crippen molar-refractivity contribution in [2.24, 2.45) is 5.92 Å². The van der Waals surface area contributed by atoms with Gasteiger partial charge < -0.3 is 9.47 Å². The molecule has 0 heterocycles. The predicted octanol–water partition coefficient (Wildman–Crippen LogP) is 3.53. The molecule has 1 atom stereocenters. The minimum atomic E-state index is -0.345. The van der Waals surface area contributed by atoms with E-state index in [1.165, 1.54) is 5.56 Å². The highest BCUT2D eigenvalue weighted by Gasteiger charge is 2.14. The van der Waals surface area contributed by atoms with Crippen molar-refractivity contribution in [3.05, 3.63) is 35.9 Å². The normalized spacial score (nSPS) is 12.0. The molecule has 1 aromatic carbocycles. The van der Waals surface area contributed by atoms with Crippen molar-refractivity contribution in [1.82, 2.24) is 0 Å². The number of esters is 2. The van der Waals surface area contributed by atoms with E-state index in [0.717, 1.165) is 12.8 Å². The van der Waals surface area contributed by atoms with Gasteiger partial charge in [-0.3, -0.25) is 9.59 Å². The first-order valence-electron chi connectivity index (χ1n) is 7.88. The third kappa shape index (κ3) is 7.81. The first-order chi connectivity index (χ1) is 10.5. The van der Waals surface area contributed by atoms with Gasteiger partial charge in [0.2, 0.25) is 0 Å². The summed E-state index contributed by atoms with van der Waals surface area (Å²) in [6.07, 6.45) is 1.69. The zero-order valence-corrected chi connectivity index (χ0v) is 13.7. The van der Waals surface area contributed by atoms with E-state index in [9.17, 15) is 9.59 Å². The molecule has 0 fully saturated rings. The van der Waals surface area contributed by atoms with E-state index < -0.39 is 0 Å². The maximum absolute atomic E-state index is 11.5. The Hall–Kier alpha value is -1.84.